The topological polar surface area (TPSA) is 65.0 Å². The lowest BCUT2D eigenvalue weighted by Gasteiger charge is -2.17. The monoisotopic (exact) mass is 394 g/mol. The maximum Gasteiger partial charge on any atom is 0.334 e. The van der Waals surface area contributed by atoms with E-state index in [1.165, 1.54) is 7.11 Å². The van der Waals surface area contributed by atoms with Gasteiger partial charge in [0.25, 0.3) is 0 Å². The van der Waals surface area contributed by atoms with E-state index in [9.17, 15) is 9.90 Å². The van der Waals surface area contributed by atoms with Gasteiger partial charge in [-0.05, 0) is 28.9 Å². The Hall–Kier alpha value is -2.05. The van der Waals surface area contributed by atoms with Crippen LogP contribution in [0.15, 0.2) is 34.3 Å². The van der Waals surface area contributed by atoms with Gasteiger partial charge in [-0.3, -0.25) is 0 Å². The fourth-order valence-corrected chi connectivity index (χ4v) is 3.22. The first-order valence-electron chi connectivity index (χ1n) is 7.26. The van der Waals surface area contributed by atoms with Gasteiger partial charge in [0.2, 0.25) is 0 Å². The number of carboxylic acid groups (broad SMARTS) is 1. The van der Waals surface area contributed by atoms with E-state index in [0.717, 1.165) is 10.8 Å². The van der Waals surface area contributed by atoms with Gasteiger partial charge in [0, 0.05) is 23.4 Å². The van der Waals surface area contributed by atoms with E-state index in [0.29, 0.717) is 21.5 Å². The van der Waals surface area contributed by atoms with E-state index in [2.05, 4.69) is 15.9 Å². The molecule has 0 bridgehead atoms. The van der Waals surface area contributed by atoms with E-state index < -0.39 is 12.1 Å². The van der Waals surface area contributed by atoms with Gasteiger partial charge in [-0.1, -0.05) is 24.3 Å². The zero-order valence-corrected chi connectivity index (χ0v) is 15.5. The Kier molecular flexibility index (Phi) is 5.85. The molecule has 128 valence electrons. The van der Waals surface area contributed by atoms with Gasteiger partial charge in [0.1, 0.15) is 11.5 Å². The molecular formula is C18H19BrO5. The highest BCUT2D eigenvalue weighted by Crippen LogP contribution is 2.44. The van der Waals surface area contributed by atoms with E-state index in [-0.39, 0.29) is 5.57 Å². The average molecular weight is 395 g/mol. The molecular weight excluding hydrogens is 376 g/mol. The number of hydrogen-bond donors (Lipinski definition) is 1. The molecule has 0 saturated heterocycles. The molecule has 0 radical (unpaired) electrons. The molecule has 0 aliphatic rings. The Balaban J connectivity index is 2.87. The fraction of sp³-hybridized carbons (Fsp3) is 0.278. The molecule has 0 fully saturated rings. The van der Waals surface area contributed by atoms with Gasteiger partial charge >= 0.3 is 5.97 Å². The van der Waals surface area contributed by atoms with E-state index >= 15 is 0 Å². The SMILES string of the molecule is COc1c(Br)c(/C=C(/C(=O)O)C(C)OC)c(OC)c2ccccc12. The minimum atomic E-state index is -1.05. The Morgan fingerprint density at radius 3 is 2.12 bits per heavy atom. The first-order valence-corrected chi connectivity index (χ1v) is 8.05. The predicted molar refractivity (Wildman–Crippen MR) is 96.8 cm³/mol. The third-order valence-electron chi connectivity index (χ3n) is 3.84. The lowest BCUT2D eigenvalue weighted by atomic mass is 10.0. The summed E-state index contributed by atoms with van der Waals surface area (Å²) in [5.41, 5.74) is 0.711. The van der Waals surface area contributed by atoms with Crippen LogP contribution in [0.1, 0.15) is 12.5 Å². The van der Waals surface area contributed by atoms with Crippen molar-refractivity contribution in [1.82, 2.24) is 0 Å². The highest BCUT2D eigenvalue weighted by molar-refractivity contribution is 9.10. The summed E-state index contributed by atoms with van der Waals surface area (Å²) in [7, 11) is 4.59. The first-order chi connectivity index (χ1) is 11.5. The highest BCUT2D eigenvalue weighted by atomic mass is 79.9. The van der Waals surface area contributed by atoms with Gasteiger partial charge in [-0.15, -0.1) is 0 Å². The highest BCUT2D eigenvalue weighted by Gasteiger charge is 2.22. The van der Waals surface area contributed by atoms with Crippen LogP contribution in [0.25, 0.3) is 16.8 Å². The number of ether oxygens (including phenoxy) is 3. The van der Waals surface area contributed by atoms with Crippen LogP contribution >= 0.6 is 15.9 Å². The number of hydrogen-bond acceptors (Lipinski definition) is 4. The van der Waals surface area contributed by atoms with Gasteiger partial charge < -0.3 is 19.3 Å². The zero-order valence-electron chi connectivity index (χ0n) is 13.9. The Morgan fingerprint density at radius 2 is 1.67 bits per heavy atom. The minimum absolute atomic E-state index is 0.119. The molecule has 0 aromatic heterocycles. The van der Waals surface area contributed by atoms with Crippen LogP contribution in [0.4, 0.5) is 0 Å². The molecule has 24 heavy (non-hydrogen) atoms. The van der Waals surface area contributed by atoms with Crippen molar-refractivity contribution < 1.29 is 24.1 Å². The van der Waals surface area contributed by atoms with Crippen molar-refractivity contribution in [2.24, 2.45) is 0 Å². The fourth-order valence-electron chi connectivity index (χ4n) is 2.55. The summed E-state index contributed by atoms with van der Waals surface area (Å²) < 4.78 is 16.9. The number of fused-ring (bicyclic) bond motifs is 1. The van der Waals surface area contributed by atoms with E-state index in [1.807, 2.05) is 24.3 Å². The number of halogens is 1. The standard InChI is InChI=1S/C18H19BrO5/c1-10(22-2)13(18(20)21)9-14-15(19)17(24-4)12-8-6-5-7-11(12)16(14)23-3/h5-10H,1-4H3,(H,20,21)/b13-9+. The Bertz CT molecular complexity index is 798. The number of benzene rings is 2. The molecule has 0 aliphatic carbocycles. The lowest BCUT2D eigenvalue weighted by Crippen LogP contribution is -2.16. The number of rotatable bonds is 6. The molecule has 1 unspecified atom stereocenters. The second-order valence-electron chi connectivity index (χ2n) is 5.12. The van der Waals surface area contributed by atoms with Crippen LogP contribution in [0.3, 0.4) is 0 Å². The Labute approximate surface area is 149 Å². The van der Waals surface area contributed by atoms with Gasteiger partial charge in [0.05, 0.1) is 30.4 Å². The first kappa shape index (κ1) is 18.3. The average Bonchev–Trinajstić information content (AvgIpc) is 2.58. The molecule has 1 N–H and O–H groups in total. The molecule has 2 rings (SSSR count). The van der Waals surface area contributed by atoms with Gasteiger partial charge in [0.15, 0.2) is 0 Å². The van der Waals surface area contributed by atoms with Crippen molar-refractivity contribution >= 4 is 38.7 Å². The summed E-state index contributed by atoms with van der Waals surface area (Å²) >= 11 is 3.52. The van der Waals surface area contributed by atoms with Crippen molar-refractivity contribution in [2.45, 2.75) is 13.0 Å². The smallest absolute Gasteiger partial charge is 0.334 e. The predicted octanol–water partition coefficient (Wildman–Crippen LogP) is 4.12. The molecule has 2 aromatic rings. The normalized spacial score (nSPS) is 13.0. The second kappa shape index (κ2) is 7.68. The van der Waals surface area contributed by atoms with Crippen molar-refractivity contribution in [1.29, 1.82) is 0 Å². The number of methoxy groups -OCH3 is 3. The summed E-state index contributed by atoms with van der Waals surface area (Å²) in [6.07, 6.45) is 0.977. The molecule has 6 heteroatoms. The third-order valence-corrected chi connectivity index (χ3v) is 4.63. The van der Waals surface area contributed by atoms with Crippen molar-refractivity contribution in [3.8, 4) is 11.5 Å². The molecule has 5 nitrogen and oxygen atoms in total. The van der Waals surface area contributed by atoms with Crippen LogP contribution in [-0.2, 0) is 9.53 Å². The maximum atomic E-state index is 11.6. The van der Waals surface area contributed by atoms with Crippen LogP contribution in [-0.4, -0.2) is 38.5 Å². The molecule has 1 atom stereocenters. The zero-order chi connectivity index (χ0) is 17.9. The summed E-state index contributed by atoms with van der Waals surface area (Å²) in [6, 6.07) is 7.62. The van der Waals surface area contributed by atoms with Crippen LogP contribution in [0, 0.1) is 0 Å². The lowest BCUT2D eigenvalue weighted by molar-refractivity contribution is -0.133. The second-order valence-corrected chi connectivity index (χ2v) is 5.92. The summed E-state index contributed by atoms with van der Waals surface area (Å²) in [4.78, 5) is 11.6. The number of carboxylic acids is 1. The minimum Gasteiger partial charge on any atom is -0.495 e. The molecule has 0 amide bonds. The summed E-state index contributed by atoms with van der Waals surface area (Å²) in [5, 5.41) is 11.2. The van der Waals surface area contributed by atoms with Crippen LogP contribution < -0.4 is 9.47 Å². The molecule has 2 aromatic carbocycles. The third kappa shape index (κ3) is 3.25. The Morgan fingerprint density at radius 1 is 1.12 bits per heavy atom. The molecule has 0 spiro atoms. The molecule has 0 aliphatic heterocycles. The largest absolute Gasteiger partial charge is 0.495 e. The van der Waals surface area contributed by atoms with E-state index in [4.69, 9.17) is 14.2 Å². The van der Waals surface area contributed by atoms with Gasteiger partial charge in [-0.25, -0.2) is 4.79 Å². The van der Waals surface area contributed by atoms with E-state index in [1.54, 1.807) is 27.2 Å². The van der Waals surface area contributed by atoms with Crippen LogP contribution in [0.2, 0.25) is 0 Å². The van der Waals surface area contributed by atoms with Crippen LogP contribution in [0.5, 0.6) is 11.5 Å². The number of carbonyl (C=O) groups is 1. The van der Waals surface area contributed by atoms with Crippen molar-refractivity contribution in [3.63, 3.8) is 0 Å². The van der Waals surface area contributed by atoms with Crippen molar-refractivity contribution in [2.75, 3.05) is 21.3 Å². The van der Waals surface area contributed by atoms with Crippen molar-refractivity contribution in [3.05, 3.63) is 39.9 Å². The molecule has 0 saturated carbocycles. The summed E-state index contributed by atoms with van der Waals surface area (Å²) in [6.45, 7) is 1.68. The quantitative estimate of drug-likeness (QED) is 0.746. The molecule has 0 heterocycles. The number of aliphatic carboxylic acids is 1. The van der Waals surface area contributed by atoms with Gasteiger partial charge in [-0.2, -0.15) is 0 Å². The maximum absolute atomic E-state index is 11.6. The summed E-state index contributed by atoms with van der Waals surface area (Å²) in [5.74, 6) is 0.137.